The maximum Gasteiger partial charge on any atom is 0.417 e. The molecule has 0 radical (unpaired) electrons. The van der Waals surface area contributed by atoms with E-state index in [1.807, 2.05) is 6.07 Å². The van der Waals surface area contributed by atoms with Crippen LogP contribution in [0, 0.1) is 11.3 Å². The molecular weight excluding hydrogens is 971 g/mol. The molecule has 0 amide bonds. The third-order valence-electron chi connectivity index (χ3n) is 12.1. The van der Waals surface area contributed by atoms with Gasteiger partial charge in [0.25, 0.3) is 0 Å². The topological polar surface area (TPSA) is 28.7 Å². The Balaban J connectivity index is 1.49. The molecular formula is C50H22F18N2. The second-order valence-corrected chi connectivity index (χ2v) is 16.1. The highest BCUT2D eigenvalue weighted by Gasteiger charge is 2.44. The fraction of sp³-hybridized carbons (Fsp3) is 0.140. The van der Waals surface area contributed by atoms with Crippen molar-refractivity contribution in [3.05, 3.63) is 183 Å². The van der Waals surface area contributed by atoms with Gasteiger partial charge in [-0.15, -0.1) is 0 Å². The normalized spacial score (nSPS) is 13.8. The van der Waals surface area contributed by atoms with Crippen LogP contribution in [0.5, 0.6) is 0 Å². The fourth-order valence-electron chi connectivity index (χ4n) is 9.27. The first-order chi connectivity index (χ1) is 32.5. The molecule has 7 aromatic carbocycles. The van der Waals surface area contributed by atoms with E-state index in [9.17, 15) is 57.9 Å². The lowest BCUT2D eigenvalue weighted by Crippen LogP contribution is -2.15. The summed E-state index contributed by atoms with van der Waals surface area (Å²) in [7, 11) is 0. The number of hydrogen-bond donors (Lipinski definition) is 0. The van der Waals surface area contributed by atoms with E-state index in [-0.39, 0.29) is 27.7 Å². The van der Waals surface area contributed by atoms with Crippen molar-refractivity contribution in [2.24, 2.45) is 0 Å². The van der Waals surface area contributed by atoms with Gasteiger partial charge in [0.2, 0.25) is 0 Å². The summed E-state index contributed by atoms with van der Waals surface area (Å²) in [5.74, 6) is -1.54. The van der Waals surface area contributed by atoms with Gasteiger partial charge in [-0.25, -0.2) is 0 Å². The van der Waals surface area contributed by atoms with Crippen LogP contribution in [0.2, 0.25) is 0 Å². The van der Waals surface area contributed by atoms with E-state index in [4.69, 9.17) is 0 Å². The summed E-state index contributed by atoms with van der Waals surface area (Å²) in [5, 5.41) is 9.78. The maximum absolute atomic E-state index is 15.2. The number of benzene rings is 7. The second-order valence-electron chi connectivity index (χ2n) is 16.1. The van der Waals surface area contributed by atoms with Crippen molar-refractivity contribution >= 4 is 21.8 Å². The number of fused-ring (bicyclic) bond motifs is 6. The van der Waals surface area contributed by atoms with E-state index in [0.717, 1.165) is 53.1 Å². The molecule has 1 aliphatic rings. The summed E-state index contributed by atoms with van der Waals surface area (Å²) >= 11 is 0. The molecule has 2 nitrogen and oxygen atoms in total. The Morgan fingerprint density at radius 3 is 1.21 bits per heavy atom. The SMILES string of the molecule is N#Cc1cccc(C2c3ccc(C(F)(F)F)cc3-c3cc(C(F)(F)F)ccc32)c1-c1c(-c2c(C(F)(F)F)cccc2C(F)(F)F)cccc1-n1c2ccc(C(F)(F)F)cc2c2cc(C(F)(F)F)ccc21. The van der Waals surface area contributed by atoms with Gasteiger partial charge in [0.1, 0.15) is 0 Å². The largest absolute Gasteiger partial charge is 0.417 e. The second kappa shape index (κ2) is 15.8. The molecule has 1 heterocycles. The summed E-state index contributed by atoms with van der Waals surface area (Å²) in [6, 6.07) is 17.0. The van der Waals surface area contributed by atoms with Crippen molar-refractivity contribution in [2.75, 3.05) is 0 Å². The van der Waals surface area contributed by atoms with Crippen LogP contribution in [0.1, 0.15) is 61.6 Å². The molecule has 0 spiro atoms. The van der Waals surface area contributed by atoms with Crippen LogP contribution >= 0.6 is 0 Å². The molecule has 20 heteroatoms. The third-order valence-corrected chi connectivity index (χ3v) is 12.1. The third kappa shape index (κ3) is 7.94. The summed E-state index contributed by atoms with van der Waals surface area (Å²) in [6.07, 6.45) is -31.5. The van der Waals surface area contributed by atoms with Crippen LogP contribution in [0.3, 0.4) is 0 Å². The standard InChI is InChI=1S/C50H22F18N2/c51-45(52,53)24-10-14-28-32(18-24)33-19-25(46(54,55)56)11-15-29(33)42(28)30-5-1-4-23(22-69)41(30)44-31(43-36(49(63,64)65)7-3-8-37(43)50(66,67)68)6-2-9-40(44)70-38-16-12-26(47(57,58)59)20-34(38)35-21-27(48(60,61)62)13-17-39(35)70/h1-21,42H. The van der Waals surface area contributed by atoms with E-state index < -0.39 is 132 Å². The van der Waals surface area contributed by atoms with Crippen molar-refractivity contribution in [3.63, 3.8) is 0 Å². The van der Waals surface area contributed by atoms with Gasteiger partial charge in [0.15, 0.2) is 0 Å². The summed E-state index contributed by atoms with van der Waals surface area (Å²) in [4.78, 5) is 0. The van der Waals surface area contributed by atoms with Crippen LogP contribution in [-0.2, 0) is 37.1 Å². The molecule has 358 valence electrons. The van der Waals surface area contributed by atoms with Gasteiger partial charge in [-0.1, -0.05) is 42.5 Å². The molecule has 1 aromatic heterocycles. The van der Waals surface area contributed by atoms with Crippen molar-refractivity contribution in [1.82, 2.24) is 4.57 Å². The Morgan fingerprint density at radius 1 is 0.371 bits per heavy atom. The molecule has 0 N–H and O–H groups in total. The minimum Gasteiger partial charge on any atom is -0.309 e. The average Bonchev–Trinajstić information content (AvgIpc) is 3.77. The Morgan fingerprint density at radius 2 is 0.786 bits per heavy atom. The van der Waals surface area contributed by atoms with Gasteiger partial charge in [-0.3, -0.25) is 0 Å². The first-order valence-electron chi connectivity index (χ1n) is 20.1. The van der Waals surface area contributed by atoms with Gasteiger partial charge < -0.3 is 4.57 Å². The lowest BCUT2D eigenvalue weighted by atomic mass is 9.79. The van der Waals surface area contributed by atoms with Crippen LogP contribution in [0.15, 0.2) is 127 Å². The zero-order valence-electron chi connectivity index (χ0n) is 34.4. The first kappa shape index (κ1) is 47.6. The molecule has 0 bridgehead atoms. The first-order valence-corrected chi connectivity index (χ1v) is 20.1. The summed E-state index contributed by atoms with van der Waals surface area (Å²) < 4.78 is 263. The number of halogens is 18. The highest BCUT2D eigenvalue weighted by Crippen LogP contribution is 2.56. The number of alkyl halides is 18. The molecule has 0 saturated heterocycles. The fourth-order valence-corrected chi connectivity index (χ4v) is 9.27. The molecule has 70 heavy (non-hydrogen) atoms. The summed E-state index contributed by atoms with van der Waals surface area (Å²) in [5.41, 5.74) is -16.1. The molecule has 0 unspecified atom stereocenters. The van der Waals surface area contributed by atoms with Crippen LogP contribution < -0.4 is 0 Å². The molecule has 0 fully saturated rings. The Kier molecular flexibility index (Phi) is 10.7. The van der Waals surface area contributed by atoms with Gasteiger partial charge in [0.05, 0.1) is 61.7 Å². The Bertz CT molecular complexity index is 3310. The number of hydrogen-bond acceptors (Lipinski definition) is 1. The minimum absolute atomic E-state index is 0.152. The maximum atomic E-state index is 15.2. The molecule has 0 atom stereocenters. The smallest absolute Gasteiger partial charge is 0.309 e. The minimum atomic E-state index is -5.58. The molecule has 9 rings (SSSR count). The van der Waals surface area contributed by atoms with Gasteiger partial charge in [-0.2, -0.15) is 84.3 Å². The number of nitrogens with zero attached hydrogens (tertiary/aromatic N) is 2. The van der Waals surface area contributed by atoms with Crippen molar-refractivity contribution in [3.8, 4) is 45.1 Å². The molecule has 1 aliphatic carbocycles. The highest BCUT2D eigenvalue weighted by atomic mass is 19.4. The highest BCUT2D eigenvalue weighted by molar-refractivity contribution is 6.11. The zero-order valence-corrected chi connectivity index (χ0v) is 34.4. The average molecular weight is 993 g/mol. The Hall–Kier alpha value is -7.43. The number of rotatable bonds is 4. The predicted octanol–water partition coefficient (Wildman–Crippen LogP) is 17.3. The Labute approximate surface area is 381 Å². The van der Waals surface area contributed by atoms with Crippen molar-refractivity contribution in [2.45, 2.75) is 43.0 Å². The summed E-state index contributed by atoms with van der Waals surface area (Å²) in [6.45, 7) is 0. The lowest BCUT2D eigenvalue weighted by molar-refractivity contribution is -0.142. The zero-order chi connectivity index (χ0) is 50.8. The van der Waals surface area contributed by atoms with Crippen molar-refractivity contribution in [1.29, 1.82) is 5.26 Å². The lowest BCUT2D eigenvalue weighted by Gasteiger charge is -2.27. The van der Waals surface area contributed by atoms with E-state index in [0.29, 0.717) is 66.7 Å². The van der Waals surface area contributed by atoms with Crippen molar-refractivity contribution < 1.29 is 79.0 Å². The number of aromatic nitrogens is 1. The van der Waals surface area contributed by atoms with Crippen LogP contribution in [-0.4, -0.2) is 4.57 Å². The van der Waals surface area contributed by atoms with Crippen LogP contribution in [0.4, 0.5) is 79.0 Å². The van der Waals surface area contributed by atoms with Gasteiger partial charge in [-0.05, 0) is 118 Å². The van der Waals surface area contributed by atoms with Gasteiger partial charge in [0, 0.05) is 33.4 Å². The monoisotopic (exact) mass is 992 g/mol. The number of nitriles is 1. The van der Waals surface area contributed by atoms with E-state index in [1.165, 1.54) is 12.1 Å². The molecule has 0 saturated carbocycles. The van der Waals surface area contributed by atoms with Gasteiger partial charge >= 0.3 is 37.1 Å². The molecule has 0 aliphatic heterocycles. The van der Waals surface area contributed by atoms with E-state index >= 15 is 26.3 Å². The van der Waals surface area contributed by atoms with E-state index in [1.54, 1.807) is 0 Å². The molecule has 8 aromatic rings. The predicted molar refractivity (Wildman–Crippen MR) is 219 cm³/mol. The van der Waals surface area contributed by atoms with E-state index in [2.05, 4.69) is 0 Å². The van der Waals surface area contributed by atoms with Crippen LogP contribution in [0.25, 0.3) is 60.9 Å². The quantitative estimate of drug-likeness (QED) is 0.162.